The zero-order valence-corrected chi connectivity index (χ0v) is 11.6. The summed E-state index contributed by atoms with van der Waals surface area (Å²) in [5.74, 6) is 0.0250. The molecule has 1 fully saturated rings. The highest BCUT2D eigenvalue weighted by Crippen LogP contribution is 2.23. The van der Waals surface area contributed by atoms with E-state index in [0.29, 0.717) is 12.4 Å². The fraction of sp³-hybridized carbons (Fsp3) is 0.600. The number of benzene rings is 1. The summed E-state index contributed by atoms with van der Waals surface area (Å²) in [5, 5.41) is 3.08. The van der Waals surface area contributed by atoms with E-state index >= 15 is 0 Å². The molecular weight excluding hydrogens is 245 g/mol. The van der Waals surface area contributed by atoms with Crippen LogP contribution < -0.4 is 10.1 Å². The Hall–Kier alpha value is -1.13. The number of hydrogen-bond donors (Lipinski definition) is 1. The van der Waals surface area contributed by atoms with E-state index in [0.717, 1.165) is 31.4 Å². The van der Waals surface area contributed by atoms with Crippen molar-refractivity contribution in [1.29, 1.82) is 0 Å². The van der Waals surface area contributed by atoms with Crippen molar-refractivity contribution in [3.63, 3.8) is 0 Å². The van der Waals surface area contributed by atoms with Gasteiger partial charge in [-0.25, -0.2) is 4.39 Å². The van der Waals surface area contributed by atoms with Gasteiger partial charge in [-0.3, -0.25) is 0 Å². The lowest BCUT2D eigenvalue weighted by atomic mass is 10.1. The molecule has 4 heteroatoms. The molecule has 2 unspecified atom stereocenters. The van der Waals surface area contributed by atoms with Crippen LogP contribution in [-0.2, 0) is 4.74 Å². The number of ether oxygens (including phenoxy) is 2. The van der Waals surface area contributed by atoms with Gasteiger partial charge in [-0.1, -0.05) is 6.07 Å². The van der Waals surface area contributed by atoms with Crippen molar-refractivity contribution in [2.45, 2.75) is 38.3 Å². The third-order valence-electron chi connectivity index (χ3n) is 3.61. The highest BCUT2D eigenvalue weighted by Gasteiger charge is 2.15. The maximum absolute atomic E-state index is 13.9. The molecule has 0 amide bonds. The molecular formula is C15H22FNO2. The minimum absolute atomic E-state index is 0.135. The van der Waals surface area contributed by atoms with E-state index in [1.54, 1.807) is 6.07 Å². The Labute approximate surface area is 114 Å². The van der Waals surface area contributed by atoms with Crippen molar-refractivity contribution in [1.82, 2.24) is 5.32 Å². The highest BCUT2D eigenvalue weighted by atomic mass is 19.1. The summed E-state index contributed by atoms with van der Waals surface area (Å²) in [6.45, 7) is 3.34. The SMILES string of the molecule is CNC(C)c1ccc(OCCC2CCCO2)c(F)c1. The molecule has 1 aliphatic heterocycles. The van der Waals surface area contributed by atoms with E-state index in [1.807, 2.05) is 20.0 Å². The van der Waals surface area contributed by atoms with Gasteiger partial charge in [-0.2, -0.15) is 0 Å². The first kappa shape index (κ1) is 14.3. The third kappa shape index (κ3) is 3.91. The monoisotopic (exact) mass is 267 g/mol. The Morgan fingerprint density at radius 3 is 3.00 bits per heavy atom. The lowest BCUT2D eigenvalue weighted by Gasteiger charge is -2.14. The zero-order valence-electron chi connectivity index (χ0n) is 11.6. The molecule has 0 saturated carbocycles. The van der Waals surface area contributed by atoms with E-state index in [4.69, 9.17) is 9.47 Å². The Morgan fingerprint density at radius 2 is 2.37 bits per heavy atom. The fourth-order valence-corrected chi connectivity index (χ4v) is 2.24. The fourth-order valence-electron chi connectivity index (χ4n) is 2.24. The maximum Gasteiger partial charge on any atom is 0.165 e. The molecule has 106 valence electrons. The summed E-state index contributed by atoms with van der Waals surface area (Å²) in [6.07, 6.45) is 3.32. The van der Waals surface area contributed by atoms with E-state index in [2.05, 4.69) is 5.32 Å². The maximum atomic E-state index is 13.9. The van der Waals surface area contributed by atoms with Crippen LogP contribution in [0.4, 0.5) is 4.39 Å². The van der Waals surface area contributed by atoms with Crippen LogP contribution in [-0.4, -0.2) is 26.4 Å². The standard InChI is InChI=1S/C15H22FNO2/c1-11(17-2)12-5-6-15(14(16)10-12)19-9-7-13-4-3-8-18-13/h5-6,10-11,13,17H,3-4,7-9H2,1-2H3. The van der Waals surface area contributed by atoms with Crippen LogP contribution in [0.5, 0.6) is 5.75 Å². The van der Waals surface area contributed by atoms with E-state index < -0.39 is 0 Å². The second-order valence-corrected chi connectivity index (χ2v) is 4.97. The summed E-state index contributed by atoms with van der Waals surface area (Å²) in [7, 11) is 1.86. The smallest absolute Gasteiger partial charge is 0.165 e. The molecule has 1 saturated heterocycles. The first-order valence-corrected chi connectivity index (χ1v) is 6.92. The molecule has 2 rings (SSSR count). The van der Waals surface area contributed by atoms with Gasteiger partial charge in [0, 0.05) is 19.1 Å². The van der Waals surface area contributed by atoms with Crippen LogP contribution in [0.2, 0.25) is 0 Å². The first-order chi connectivity index (χ1) is 9.20. The quantitative estimate of drug-likeness (QED) is 0.859. The molecule has 0 bridgehead atoms. The van der Waals surface area contributed by atoms with Crippen molar-refractivity contribution in [2.75, 3.05) is 20.3 Å². The topological polar surface area (TPSA) is 30.5 Å². The van der Waals surface area contributed by atoms with Gasteiger partial charge in [0.25, 0.3) is 0 Å². The molecule has 2 atom stereocenters. The van der Waals surface area contributed by atoms with Crippen molar-refractivity contribution >= 4 is 0 Å². The number of nitrogens with one attached hydrogen (secondary N) is 1. The van der Waals surface area contributed by atoms with E-state index in [-0.39, 0.29) is 18.0 Å². The van der Waals surface area contributed by atoms with Crippen molar-refractivity contribution in [2.24, 2.45) is 0 Å². The van der Waals surface area contributed by atoms with Gasteiger partial charge < -0.3 is 14.8 Å². The van der Waals surface area contributed by atoms with Crippen molar-refractivity contribution in [3.05, 3.63) is 29.6 Å². The van der Waals surface area contributed by atoms with E-state index in [1.165, 1.54) is 6.07 Å². The van der Waals surface area contributed by atoms with E-state index in [9.17, 15) is 4.39 Å². The Morgan fingerprint density at radius 1 is 1.53 bits per heavy atom. The van der Waals surface area contributed by atoms with Gasteiger partial charge in [0.1, 0.15) is 0 Å². The van der Waals surface area contributed by atoms with Gasteiger partial charge >= 0.3 is 0 Å². The summed E-state index contributed by atoms with van der Waals surface area (Å²) in [5.41, 5.74) is 0.923. The normalized spacial score (nSPS) is 20.5. The minimum Gasteiger partial charge on any atom is -0.490 e. The summed E-state index contributed by atoms with van der Waals surface area (Å²) in [6, 6.07) is 5.26. The summed E-state index contributed by atoms with van der Waals surface area (Å²) in [4.78, 5) is 0. The van der Waals surface area contributed by atoms with Crippen LogP contribution in [0, 0.1) is 5.82 Å². The number of rotatable bonds is 6. The average Bonchev–Trinajstić information content (AvgIpc) is 2.93. The Kier molecular flexibility index (Phi) is 5.16. The van der Waals surface area contributed by atoms with Crippen LogP contribution in [0.1, 0.15) is 37.8 Å². The number of halogens is 1. The molecule has 0 radical (unpaired) electrons. The molecule has 0 aliphatic carbocycles. The van der Waals surface area contributed by atoms with Gasteiger partial charge in [-0.15, -0.1) is 0 Å². The lowest BCUT2D eigenvalue weighted by Crippen LogP contribution is -2.13. The predicted octanol–water partition coefficient (Wildman–Crippen LogP) is 3.05. The average molecular weight is 267 g/mol. The van der Waals surface area contributed by atoms with Crippen molar-refractivity contribution in [3.8, 4) is 5.75 Å². The molecule has 1 N–H and O–H groups in total. The molecule has 3 nitrogen and oxygen atoms in total. The van der Waals surface area contributed by atoms with Gasteiger partial charge in [0.2, 0.25) is 0 Å². The molecule has 1 heterocycles. The molecule has 0 spiro atoms. The second-order valence-electron chi connectivity index (χ2n) is 4.97. The minimum atomic E-state index is -0.299. The number of hydrogen-bond acceptors (Lipinski definition) is 3. The largest absolute Gasteiger partial charge is 0.490 e. The molecule has 0 aromatic heterocycles. The van der Waals surface area contributed by atoms with Gasteiger partial charge in [0.15, 0.2) is 11.6 Å². The summed E-state index contributed by atoms with van der Waals surface area (Å²) >= 11 is 0. The predicted molar refractivity (Wildman–Crippen MR) is 73.0 cm³/mol. The Bertz CT molecular complexity index is 405. The Balaban J connectivity index is 1.86. The van der Waals surface area contributed by atoms with Crippen LogP contribution >= 0.6 is 0 Å². The molecule has 19 heavy (non-hydrogen) atoms. The molecule has 1 aromatic carbocycles. The van der Waals surface area contributed by atoms with Crippen LogP contribution in [0.3, 0.4) is 0 Å². The molecule has 1 aliphatic rings. The van der Waals surface area contributed by atoms with Gasteiger partial charge in [-0.05, 0) is 44.5 Å². The van der Waals surface area contributed by atoms with Crippen molar-refractivity contribution < 1.29 is 13.9 Å². The first-order valence-electron chi connectivity index (χ1n) is 6.92. The zero-order chi connectivity index (χ0) is 13.7. The second kappa shape index (κ2) is 6.87. The van der Waals surface area contributed by atoms with Crippen LogP contribution in [0.15, 0.2) is 18.2 Å². The molecule has 1 aromatic rings. The highest BCUT2D eigenvalue weighted by molar-refractivity contribution is 5.30. The summed E-state index contributed by atoms with van der Waals surface area (Å²) < 4.78 is 24.9. The van der Waals surface area contributed by atoms with Gasteiger partial charge in [0.05, 0.1) is 12.7 Å². The van der Waals surface area contributed by atoms with Crippen LogP contribution in [0.25, 0.3) is 0 Å². The third-order valence-corrected chi connectivity index (χ3v) is 3.61. The lowest BCUT2D eigenvalue weighted by molar-refractivity contribution is 0.0897.